The molecule has 0 saturated carbocycles. The molecular weight excluding hydrogens is 446 g/mol. The first-order valence-electron chi connectivity index (χ1n) is 11.0. The normalized spacial score (nSPS) is 18.2. The monoisotopic (exact) mass is 469 g/mol. The number of amides is 1. The number of ether oxygens (including phenoxy) is 3. The van der Waals surface area contributed by atoms with Gasteiger partial charge in [0.2, 0.25) is 0 Å². The van der Waals surface area contributed by atoms with Crippen LogP contribution in [0.5, 0.6) is 11.5 Å². The SMILES string of the molecule is CCOC(=O)[C@]1(NC(=O)c2ccc(OC)cc2)C(=O)Oc2ccccc2[C@@H]1C#Cc1ccccc1. The average Bonchev–Trinajstić information content (AvgIpc) is 2.89. The van der Waals surface area contributed by atoms with E-state index in [1.807, 2.05) is 30.3 Å². The highest BCUT2D eigenvalue weighted by Gasteiger charge is 2.60. The van der Waals surface area contributed by atoms with E-state index in [1.165, 1.54) is 19.2 Å². The van der Waals surface area contributed by atoms with E-state index in [1.54, 1.807) is 43.3 Å². The predicted octanol–water partition coefficient (Wildman–Crippen LogP) is 3.48. The molecule has 3 aromatic rings. The van der Waals surface area contributed by atoms with E-state index in [2.05, 4.69) is 17.2 Å². The number of para-hydroxylation sites is 1. The number of hydrogen-bond donors (Lipinski definition) is 1. The Kier molecular flexibility index (Phi) is 6.83. The second-order valence-electron chi connectivity index (χ2n) is 7.71. The minimum absolute atomic E-state index is 0.00719. The van der Waals surface area contributed by atoms with Gasteiger partial charge in [-0.3, -0.25) is 4.79 Å². The van der Waals surface area contributed by atoms with Crippen molar-refractivity contribution >= 4 is 17.8 Å². The molecule has 0 bridgehead atoms. The molecule has 0 aliphatic carbocycles. The number of fused-ring (bicyclic) bond motifs is 1. The summed E-state index contributed by atoms with van der Waals surface area (Å²) in [4.78, 5) is 40.2. The molecule has 0 unspecified atom stereocenters. The van der Waals surface area contributed by atoms with Crippen LogP contribution in [0.2, 0.25) is 0 Å². The number of benzene rings is 3. The summed E-state index contributed by atoms with van der Waals surface area (Å²) in [5.74, 6) is 3.24. The molecule has 0 saturated heterocycles. The molecule has 1 aliphatic heterocycles. The van der Waals surface area contributed by atoms with E-state index >= 15 is 0 Å². The molecule has 35 heavy (non-hydrogen) atoms. The minimum atomic E-state index is -2.22. The highest BCUT2D eigenvalue weighted by Crippen LogP contribution is 2.41. The van der Waals surface area contributed by atoms with Crippen molar-refractivity contribution in [2.75, 3.05) is 13.7 Å². The number of methoxy groups -OCH3 is 1. The quantitative estimate of drug-likeness (QED) is 0.266. The fourth-order valence-electron chi connectivity index (χ4n) is 3.82. The molecular formula is C28H23NO6. The van der Waals surface area contributed by atoms with Crippen molar-refractivity contribution in [3.8, 4) is 23.3 Å². The third-order valence-electron chi connectivity index (χ3n) is 5.58. The lowest BCUT2D eigenvalue weighted by atomic mass is 9.76. The molecule has 0 spiro atoms. The first kappa shape index (κ1) is 23.6. The van der Waals surface area contributed by atoms with Crippen molar-refractivity contribution in [3.05, 3.63) is 95.6 Å². The van der Waals surface area contributed by atoms with Crippen molar-refractivity contribution < 1.29 is 28.6 Å². The third kappa shape index (κ3) is 4.59. The average molecular weight is 469 g/mol. The first-order valence-corrected chi connectivity index (χ1v) is 11.0. The molecule has 0 radical (unpaired) electrons. The molecule has 0 aromatic heterocycles. The van der Waals surface area contributed by atoms with Crippen LogP contribution in [0.4, 0.5) is 0 Å². The highest BCUT2D eigenvalue weighted by molar-refractivity contribution is 6.13. The van der Waals surface area contributed by atoms with Gasteiger partial charge >= 0.3 is 11.9 Å². The van der Waals surface area contributed by atoms with Gasteiger partial charge in [-0.1, -0.05) is 48.2 Å². The number of carbonyl (C=O) groups excluding carboxylic acids is 3. The number of rotatable bonds is 5. The van der Waals surface area contributed by atoms with Gasteiger partial charge < -0.3 is 19.5 Å². The number of esters is 2. The topological polar surface area (TPSA) is 90.9 Å². The summed E-state index contributed by atoms with van der Waals surface area (Å²) >= 11 is 0. The van der Waals surface area contributed by atoms with Crippen molar-refractivity contribution in [1.29, 1.82) is 0 Å². The maximum atomic E-state index is 13.5. The maximum Gasteiger partial charge on any atom is 0.350 e. The van der Waals surface area contributed by atoms with Crippen LogP contribution in [0.1, 0.15) is 34.3 Å². The standard InChI is InChI=1S/C28H23NO6/c1-3-34-26(31)28(29-25(30)20-14-16-21(33-2)17-15-20)23(18-13-19-9-5-4-6-10-19)22-11-7-8-12-24(22)35-27(28)32/h4-12,14-17,23H,3H2,1-2H3,(H,29,30)/t23-,28-/m0/s1. The largest absolute Gasteiger partial charge is 0.497 e. The summed E-state index contributed by atoms with van der Waals surface area (Å²) in [6.45, 7) is 1.61. The van der Waals surface area contributed by atoms with Crippen molar-refractivity contribution in [2.45, 2.75) is 18.4 Å². The zero-order valence-corrected chi connectivity index (χ0v) is 19.2. The van der Waals surface area contributed by atoms with Gasteiger partial charge in [-0.25, -0.2) is 9.59 Å². The van der Waals surface area contributed by atoms with Crippen LogP contribution in [0.3, 0.4) is 0 Å². The lowest BCUT2D eigenvalue weighted by Crippen LogP contribution is -2.66. The summed E-state index contributed by atoms with van der Waals surface area (Å²) in [7, 11) is 1.51. The van der Waals surface area contributed by atoms with E-state index < -0.39 is 29.3 Å². The first-order chi connectivity index (χ1) is 17.0. The van der Waals surface area contributed by atoms with E-state index in [9.17, 15) is 14.4 Å². The molecule has 176 valence electrons. The summed E-state index contributed by atoms with van der Waals surface area (Å²) in [6.07, 6.45) is 0. The van der Waals surface area contributed by atoms with Crippen LogP contribution in [0.25, 0.3) is 0 Å². The van der Waals surface area contributed by atoms with Gasteiger partial charge in [-0.2, -0.15) is 0 Å². The Balaban J connectivity index is 1.85. The summed E-state index contributed by atoms with van der Waals surface area (Å²) in [5.41, 5.74) is -0.832. The molecule has 0 fully saturated rings. The maximum absolute atomic E-state index is 13.5. The molecule has 3 aromatic carbocycles. The van der Waals surface area contributed by atoms with E-state index in [-0.39, 0.29) is 17.9 Å². The predicted molar refractivity (Wildman–Crippen MR) is 128 cm³/mol. The lowest BCUT2D eigenvalue weighted by Gasteiger charge is -2.38. The summed E-state index contributed by atoms with van der Waals surface area (Å²) < 4.78 is 15.9. The zero-order valence-electron chi connectivity index (χ0n) is 19.2. The van der Waals surface area contributed by atoms with Crippen molar-refractivity contribution in [3.63, 3.8) is 0 Å². The summed E-state index contributed by atoms with van der Waals surface area (Å²) in [5, 5.41) is 2.62. The van der Waals surface area contributed by atoms with Crippen LogP contribution in [0, 0.1) is 11.8 Å². The zero-order chi connectivity index (χ0) is 24.8. The summed E-state index contributed by atoms with van der Waals surface area (Å²) in [6, 6.07) is 22.2. The van der Waals surface area contributed by atoms with Crippen LogP contribution in [-0.2, 0) is 14.3 Å². The number of carbonyl (C=O) groups is 3. The van der Waals surface area contributed by atoms with Crippen LogP contribution >= 0.6 is 0 Å². The molecule has 4 rings (SSSR count). The molecule has 1 aliphatic rings. The van der Waals surface area contributed by atoms with Crippen molar-refractivity contribution in [1.82, 2.24) is 5.32 Å². The van der Waals surface area contributed by atoms with Crippen molar-refractivity contribution in [2.24, 2.45) is 0 Å². The Morgan fingerprint density at radius 3 is 2.37 bits per heavy atom. The van der Waals surface area contributed by atoms with Gasteiger partial charge in [-0.15, -0.1) is 0 Å². The molecule has 7 heteroatoms. The number of hydrogen-bond acceptors (Lipinski definition) is 6. The molecule has 1 amide bonds. The fourth-order valence-corrected chi connectivity index (χ4v) is 3.82. The Bertz CT molecular complexity index is 1310. The minimum Gasteiger partial charge on any atom is -0.497 e. The third-order valence-corrected chi connectivity index (χ3v) is 5.58. The Labute approximate surface area is 203 Å². The smallest absolute Gasteiger partial charge is 0.350 e. The molecule has 2 atom stereocenters. The lowest BCUT2D eigenvalue weighted by molar-refractivity contribution is -0.162. The van der Waals surface area contributed by atoms with Gasteiger partial charge in [-0.05, 0) is 49.4 Å². The van der Waals surface area contributed by atoms with E-state index in [0.717, 1.165) is 0 Å². The second kappa shape index (κ2) is 10.1. The molecule has 7 nitrogen and oxygen atoms in total. The van der Waals surface area contributed by atoms with Gasteiger partial charge in [0.25, 0.3) is 11.4 Å². The van der Waals surface area contributed by atoms with Crippen LogP contribution in [-0.4, -0.2) is 37.1 Å². The van der Waals surface area contributed by atoms with Crippen LogP contribution in [0.15, 0.2) is 78.9 Å². The number of nitrogens with one attached hydrogen (secondary N) is 1. The highest BCUT2D eigenvalue weighted by atomic mass is 16.6. The molecule has 1 N–H and O–H groups in total. The second-order valence-corrected chi connectivity index (χ2v) is 7.71. The molecule has 1 heterocycles. The van der Waals surface area contributed by atoms with E-state index in [0.29, 0.717) is 16.9 Å². The Morgan fingerprint density at radius 1 is 1.00 bits per heavy atom. The fraction of sp³-hybridized carbons (Fsp3) is 0.179. The van der Waals surface area contributed by atoms with Crippen LogP contribution < -0.4 is 14.8 Å². The van der Waals surface area contributed by atoms with Gasteiger partial charge in [0, 0.05) is 16.7 Å². The Hall–Kier alpha value is -4.57. The Morgan fingerprint density at radius 2 is 1.69 bits per heavy atom. The van der Waals surface area contributed by atoms with Gasteiger partial charge in [0.05, 0.1) is 19.6 Å². The van der Waals surface area contributed by atoms with Gasteiger partial charge in [0.1, 0.15) is 11.5 Å². The van der Waals surface area contributed by atoms with Gasteiger partial charge in [0.15, 0.2) is 0 Å². The van der Waals surface area contributed by atoms with E-state index in [4.69, 9.17) is 14.2 Å².